The number of hydrogen-bond donors (Lipinski definition) is 2. The largest absolute Gasteiger partial charge is 0.495 e. The topological polar surface area (TPSA) is 88.5 Å². The molecule has 1 fully saturated rings. The third kappa shape index (κ3) is 5.14. The van der Waals surface area contributed by atoms with E-state index in [0.29, 0.717) is 27.3 Å². The Morgan fingerprint density at radius 2 is 1.85 bits per heavy atom. The first-order chi connectivity index (χ1) is 19.0. The molecule has 1 saturated heterocycles. The number of ether oxygens (including phenoxy) is 1. The van der Waals surface area contributed by atoms with Gasteiger partial charge in [-0.3, -0.25) is 9.71 Å². The molecule has 11 heteroatoms. The average Bonchev–Trinajstić information content (AvgIpc) is 3.40. The van der Waals surface area contributed by atoms with Gasteiger partial charge in [0.15, 0.2) is 5.11 Å². The molecular weight excluding hydrogens is 566 g/mol. The van der Waals surface area contributed by atoms with Crippen molar-refractivity contribution in [1.82, 2.24) is 14.9 Å². The van der Waals surface area contributed by atoms with Crippen LogP contribution in [0.2, 0.25) is 5.02 Å². The summed E-state index contributed by atoms with van der Waals surface area (Å²) in [6.07, 6.45) is 2.87. The Bertz CT molecular complexity index is 1710. The number of nitrogens with zero attached hydrogens (tertiary/aromatic N) is 3. The minimum atomic E-state index is -3.55. The van der Waals surface area contributed by atoms with Gasteiger partial charge in [0.1, 0.15) is 5.75 Å². The van der Waals surface area contributed by atoms with Gasteiger partial charge < -0.3 is 19.5 Å². The zero-order valence-corrected chi connectivity index (χ0v) is 25.2. The Hall–Kier alpha value is -3.60. The maximum atomic E-state index is 12.1. The second-order valence-electron chi connectivity index (χ2n) is 9.80. The van der Waals surface area contributed by atoms with E-state index in [9.17, 15) is 8.42 Å². The zero-order valence-electron chi connectivity index (χ0n) is 22.8. The fourth-order valence-electron chi connectivity index (χ4n) is 5.37. The average molecular weight is 596 g/mol. The van der Waals surface area contributed by atoms with Crippen molar-refractivity contribution in [3.05, 3.63) is 100 Å². The summed E-state index contributed by atoms with van der Waals surface area (Å²) < 4.78 is 34.4. The predicted molar refractivity (Wildman–Crippen MR) is 164 cm³/mol. The van der Waals surface area contributed by atoms with Crippen LogP contribution in [0.3, 0.4) is 0 Å². The zero-order chi connectivity index (χ0) is 28.8. The third-order valence-electron chi connectivity index (χ3n) is 7.12. The van der Waals surface area contributed by atoms with E-state index < -0.39 is 10.0 Å². The van der Waals surface area contributed by atoms with Crippen LogP contribution in [0.1, 0.15) is 40.3 Å². The van der Waals surface area contributed by atoms with Crippen LogP contribution in [0, 0.1) is 20.8 Å². The molecule has 4 aromatic rings. The minimum Gasteiger partial charge on any atom is -0.495 e. The van der Waals surface area contributed by atoms with E-state index in [1.807, 2.05) is 48.2 Å². The van der Waals surface area contributed by atoms with Gasteiger partial charge >= 0.3 is 0 Å². The number of methoxy groups -OCH3 is 1. The monoisotopic (exact) mass is 595 g/mol. The van der Waals surface area contributed by atoms with Gasteiger partial charge in [-0.15, -0.1) is 0 Å². The molecule has 0 aliphatic carbocycles. The standard InChI is InChI=1S/C29H30ClN5O3S2/c1-17-15-21(19(3)34(17)25-11-8-9-22(30)18(25)2)28-27(23-10-6-7-14-31-23)32-29(39)35(28)20-12-13-26(38-4)24(16-20)33-40(5,36)37/h6-16,27-28,33H,1-5H3,(H,32,39)/t27-,28+/m0/s1. The number of hydrogen-bond acceptors (Lipinski definition) is 5. The van der Waals surface area contributed by atoms with E-state index in [2.05, 4.69) is 45.6 Å². The molecule has 0 radical (unpaired) electrons. The number of aromatic nitrogens is 2. The molecule has 2 N–H and O–H groups in total. The Balaban J connectivity index is 1.70. The summed E-state index contributed by atoms with van der Waals surface area (Å²) in [6, 6.07) is 18.6. The Morgan fingerprint density at radius 3 is 2.52 bits per heavy atom. The lowest BCUT2D eigenvalue weighted by molar-refractivity contribution is 0.417. The number of sulfonamides is 1. The predicted octanol–water partition coefficient (Wildman–Crippen LogP) is 6.01. The normalized spacial score (nSPS) is 17.1. The van der Waals surface area contributed by atoms with Gasteiger partial charge in [-0.1, -0.05) is 23.7 Å². The summed E-state index contributed by atoms with van der Waals surface area (Å²) in [6.45, 7) is 6.17. The molecule has 3 heterocycles. The van der Waals surface area contributed by atoms with Gasteiger partial charge in [-0.25, -0.2) is 8.42 Å². The summed E-state index contributed by atoms with van der Waals surface area (Å²) in [5.74, 6) is 0.402. The fourth-order valence-corrected chi connectivity index (χ4v) is 6.44. The summed E-state index contributed by atoms with van der Waals surface area (Å²) in [5.41, 5.74) is 6.99. The highest BCUT2D eigenvalue weighted by Crippen LogP contribution is 2.45. The number of thiocarbonyl (C=S) groups is 1. The van der Waals surface area contributed by atoms with Crippen LogP contribution in [0.5, 0.6) is 5.75 Å². The molecule has 2 atom stereocenters. The minimum absolute atomic E-state index is 0.267. The molecule has 0 saturated carbocycles. The van der Waals surface area contributed by atoms with Crippen LogP contribution >= 0.6 is 23.8 Å². The molecule has 2 aromatic carbocycles. The number of anilines is 2. The van der Waals surface area contributed by atoms with Gasteiger partial charge in [0.05, 0.1) is 36.8 Å². The van der Waals surface area contributed by atoms with Crippen molar-refractivity contribution in [2.75, 3.05) is 23.0 Å². The first-order valence-electron chi connectivity index (χ1n) is 12.6. The lowest BCUT2D eigenvalue weighted by Gasteiger charge is -2.29. The Kier molecular flexibility index (Phi) is 7.52. The quantitative estimate of drug-likeness (QED) is 0.253. The molecule has 0 amide bonds. The summed E-state index contributed by atoms with van der Waals surface area (Å²) >= 11 is 12.4. The molecule has 0 unspecified atom stereocenters. The van der Waals surface area contributed by atoms with Gasteiger partial charge in [0, 0.05) is 34.0 Å². The molecule has 40 heavy (non-hydrogen) atoms. The molecule has 8 nitrogen and oxygen atoms in total. The molecule has 0 bridgehead atoms. The van der Waals surface area contributed by atoms with Crippen molar-refractivity contribution in [1.29, 1.82) is 0 Å². The van der Waals surface area contributed by atoms with E-state index in [1.165, 1.54) is 7.11 Å². The second-order valence-corrected chi connectivity index (χ2v) is 12.3. The Morgan fingerprint density at radius 1 is 1.07 bits per heavy atom. The number of pyridine rings is 1. The lowest BCUT2D eigenvalue weighted by atomic mass is 9.96. The van der Waals surface area contributed by atoms with Crippen LogP contribution in [-0.2, 0) is 10.0 Å². The number of halogens is 1. The number of aryl methyl sites for hydroxylation is 1. The van der Waals surface area contributed by atoms with Gasteiger partial charge in [-0.05, 0) is 92.6 Å². The van der Waals surface area contributed by atoms with E-state index in [-0.39, 0.29) is 12.1 Å². The fraction of sp³-hybridized carbons (Fsp3) is 0.241. The molecule has 0 spiro atoms. The number of rotatable bonds is 7. The highest BCUT2D eigenvalue weighted by Gasteiger charge is 2.42. The molecule has 1 aliphatic heterocycles. The SMILES string of the molecule is COc1ccc(N2C(=S)N[C@@H](c3ccccn3)[C@H]2c2cc(C)n(-c3cccc(Cl)c3C)c2C)cc1NS(C)(=O)=O. The first kappa shape index (κ1) is 27.9. The van der Waals surface area contributed by atoms with Crippen LogP contribution in [0.15, 0.2) is 66.9 Å². The third-order valence-corrected chi connectivity index (χ3v) is 8.44. The van der Waals surface area contributed by atoms with Crippen molar-refractivity contribution in [2.24, 2.45) is 0 Å². The van der Waals surface area contributed by atoms with Crippen molar-refractivity contribution in [3.63, 3.8) is 0 Å². The van der Waals surface area contributed by atoms with Crippen LogP contribution in [0.25, 0.3) is 5.69 Å². The lowest BCUT2D eigenvalue weighted by Crippen LogP contribution is -2.29. The van der Waals surface area contributed by atoms with E-state index in [1.54, 1.807) is 18.3 Å². The summed E-state index contributed by atoms with van der Waals surface area (Å²) in [5, 5.41) is 4.68. The number of nitrogens with one attached hydrogen (secondary N) is 2. The van der Waals surface area contributed by atoms with E-state index in [4.69, 9.17) is 28.6 Å². The number of benzene rings is 2. The smallest absolute Gasteiger partial charge is 0.229 e. The van der Waals surface area contributed by atoms with Crippen LogP contribution < -0.4 is 19.7 Å². The summed E-state index contributed by atoms with van der Waals surface area (Å²) in [4.78, 5) is 6.66. The maximum Gasteiger partial charge on any atom is 0.229 e. The van der Waals surface area contributed by atoms with Gasteiger partial charge in [0.25, 0.3) is 0 Å². The Labute approximate surface area is 245 Å². The van der Waals surface area contributed by atoms with E-state index >= 15 is 0 Å². The van der Waals surface area contributed by atoms with Crippen LogP contribution in [0.4, 0.5) is 11.4 Å². The maximum absolute atomic E-state index is 12.1. The highest BCUT2D eigenvalue weighted by atomic mass is 35.5. The highest BCUT2D eigenvalue weighted by molar-refractivity contribution is 7.92. The van der Waals surface area contributed by atoms with Crippen molar-refractivity contribution >= 4 is 50.3 Å². The first-order valence-corrected chi connectivity index (χ1v) is 15.3. The van der Waals surface area contributed by atoms with Crippen molar-refractivity contribution in [2.45, 2.75) is 32.9 Å². The van der Waals surface area contributed by atoms with Gasteiger partial charge in [-0.2, -0.15) is 0 Å². The molecule has 1 aliphatic rings. The molecule has 208 valence electrons. The second kappa shape index (κ2) is 10.8. The molecule has 2 aromatic heterocycles. The molecular formula is C29H30ClN5O3S2. The van der Waals surface area contributed by atoms with Crippen molar-refractivity contribution in [3.8, 4) is 11.4 Å². The molecule has 5 rings (SSSR count). The van der Waals surface area contributed by atoms with Gasteiger partial charge in [0.2, 0.25) is 10.0 Å². The van der Waals surface area contributed by atoms with E-state index in [0.717, 1.165) is 40.2 Å². The summed E-state index contributed by atoms with van der Waals surface area (Å²) in [7, 11) is -2.05. The van der Waals surface area contributed by atoms with Crippen LogP contribution in [-0.4, -0.2) is 36.4 Å². The van der Waals surface area contributed by atoms with Crippen molar-refractivity contribution < 1.29 is 13.2 Å².